The largest absolute Gasteiger partial charge is 0.493 e. The Hall–Kier alpha value is -1.47. The Morgan fingerprint density at radius 3 is 2.60 bits per heavy atom. The van der Waals surface area contributed by atoms with Crippen molar-refractivity contribution in [3.05, 3.63) is 22.2 Å². The van der Waals surface area contributed by atoms with E-state index in [4.69, 9.17) is 14.2 Å². The van der Waals surface area contributed by atoms with Gasteiger partial charge in [0.2, 0.25) is 0 Å². The molecule has 1 unspecified atom stereocenters. The highest BCUT2D eigenvalue weighted by Gasteiger charge is 2.29. The SMILES string of the molecule is CCNC(=NCc1cc(OC)c(OC)cc1Br)NCC1(C)CCCO1. The van der Waals surface area contributed by atoms with Crippen LogP contribution in [0.4, 0.5) is 0 Å². The van der Waals surface area contributed by atoms with E-state index < -0.39 is 0 Å². The molecule has 1 fully saturated rings. The van der Waals surface area contributed by atoms with E-state index in [1.54, 1.807) is 14.2 Å². The van der Waals surface area contributed by atoms with Gasteiger partial charge in [0.15, 0.2) is 17.5 Å². The summed E-state index contributed by atoms with van der Waals surface area (Å²) in [5.41, 5.74) is 0.915. The van der Waals surface area contributed by atoms with Crippen LogP contribution < -0.4 is 20.1 Å². The number of methoxy groups -OCH3 is 2. The lowest BCUT2D eigenvalue weighted by atomic mass is 10.0. The van der Waals surface area contributed by atoms with E-state index >= 15 is 0 Å². The molecule has 7 heteroatoms. The highest BCUT2D eigenvalue weighted by atomic mass is 79.9. The third-order valence-electron chi connectivity index (χ3n) is 4.23. The van der Waals surface area contributed by atoms with Crippen molar-refractivity contribution >= 4 is 21.9 Å². The molecule has 2 rings (SSSR count). The minimum Gasteiger partial charge on any atom is -0.493 e. The van der Waals surface area contributed by atoms with Crippen LogP contribution in [-0.2, 0) is 11.3 Å². The fourth-order valence-corrected chi connectivity index (χ4v) is 3.22. The fourth-order valence-electron chi connectivity index (χ4n) is 2.77. The highest BCUT2D eigenvalue weighted by Crippen LogP contribution is 2.33. The maximum absolute atomic E-state index is 5.82. The van der Waals surface area contributed by atoms with E-state index in [0.29, 0.717) is 18.0 Å². The van der Waals surface area contributed by atoms with Crippen molar-refractivity contribution in [3.8, 4) is 11.5 Å². The molecule has 0 radical (unpaired) electrons. The molecule has 0 spiro atoms. The Bertz CT molecular complexity index is 601. The van der Waals surface area contributed by atoms with Gasteiger partial charge in [-0.25, -0.2) is 4.99 Å². The summed E-state index contributed by atoms with van der Waals surface area (Å²) in [6.07, 6.45) is 2.19. The van der Waals surface area contributed by atoms with E-state index in [9.17, 15) is 0 Å². The van der Waals surface area contributed by atoms with Gasteiger partial charge in [0.25, 0.3) is 0 Å². The zero-order chi connectivity index (χ0) is 18.3. The van der Waals surface area contributed by atoms with Crippen LogP contribution in [-0.4, -0.2) is 45.5 Å². The number of hydrogen-bond acceptors (Lipinski definition) is 4. The number of nitrogens with one attached hydrogen (secondary N) is 2. The summed E-state index contributed by atoms with van der Waals surface area (Å²) < 4.78 is 17.4. The molecule has 2 N–H and O–H groups in total. The van der Waals surface area contributed by atoms with Crippen molar-refractivity contribution in [3.63, 3.8) is 0 Å². The lowest BCUT2D eigenvalue weighted by Gasteiger charge is -2.24. The Morgan fingerprint density at radius 2 is 2.00 bits per heavy atom. The van der Waals surface area contributed by atoms with Gasteiger partial charge in [-0.2, -0.15) is 0 Å². The van der Waals surface area contributed by atoms with Gasteiger partial charge in [0.1, 0.15) is 0 Å². The molecule has 0 bridgehead atoms. The number of rotatable bonds is 7. The molecule has 1 atom stereocenters. The predicted molar refractivity (Wildman–Crippen MR) is 104 cm³/mol. The number of aliphatic imine (C=N–C) groups is 1. The minimum atomic E-state index is -0.111. The Labute approximate surface area is 158 Å². The second kappa shape index (κ2) is 9.29. The van der Waals surface area contributed by atoms with Gasteiger partial charge in [-0.1, -0.05) is 15.9 Å². The molecule has 25 heavy (non-hydrogen) atoms. The molecule has 140 valence electrons. The van der Waals surface area contributed by atoms with Crippen molar-refractivity contribution < 1.29 is 14.2 Å². The molecule has 0 amide bonds. The van der Waals surface area contributed by atoms with Gasteiger partial charge in [0.05, 0.1) is 26.4 Å². The molecule has 0 saturated carbocycles. The van der Waals surface area contributed by atoms with Crippen molar-refractivity contribution in [2.75, 3.05) is 33.9 Å². The monoisotopic (exact) mass is 413 g/mol. The van der Waals surface area contributed by atoms with Gasteiger partial charge in [-0.05, 0) is 44.4 Å². The van der Waals surface area contributed by atoms with Crippen LogP contribution in [0, 0.1) is 0 Å². The number of benzene rings is 1. The van der Waals surface area contributed by atoms with E-state index in [0.717, 1.165) is 48.5 Å². The Morgan fingerprint density at radius 1 is 1.28 bits per heavy atom. The molecule has 1 aromatic carbocycles. The number of ether oxygens (including phenoxy) is 3. The Balaban J connectivity index is 2.07. The average molecular weight is 414 g/mol. The summed E-state index contributed by atoms with van der Waals surface area (Å²) in [5.74, 6) is 2.17. The number of nitrogens with zero attached hydrogens (tertiary/aromatic N) is 1. The molecule has 6 nitrogen and oxygen atoms in total. The van der Waals surface area contributed by atoms with Crippen LogP contribution in [0.15, 0.2) is 21.6 Å². The summed E-state index contributed by atoms with van der Waals surface area (Å²) in [4.78, 5) is 4.68. The first-order valence-corrected chi connectivity index (χ1v) is 9.37. The normalized spacial score (nSPS) is 20.4. The van der Waals surface area contributed by atoms with Gasteiger partial charge < -0.3 is 24.8 Å². The van der Waals surface area contributed by atoms with Crippen LogP contribution >= 0.6 is 15.9 Å². The molecule has 1 heterocycles. The second-order valence-corrected chi connectivity index (χ2v) is 7.10. The van der Waals surface area contributed by atoms with Crippen LogP contribution in [0.2, 0.25) is 0 Å². The molecule has 1 saturated heterocycles. The topological polar surface area (TPSA) is 64.1 Å². The quantitative estimate of drug-likeness (QED) is 0.531. The summed E-state index contributed by atoms with van der Waals surface area (Å²) in [6.45, 7) is 7.10. The van der Waals surface area contributed by atoms with Crippen LogP contribution in [0.3, 0.4) is 0 Å². The van der Waals surface area contributed by atoms with Gasteiger partial charge >= 0.3 is 0 Å². The van der Waals surface area contributed by atoms with Crippen molar-refractivity contribution in [2.24, 2.45) is 4.99 Å². The molecular weight excluding hydrogens is 386 g/mol. The zero-order valence-corrected chi connectivity index (χ0v) is 17.0. The molecule has 1 aliphatic rings. The second-order valence-electron chi connectivity index (χ2n) is 6.25. The molecule has 0 aromatic heterocycles. The minimum absolute atomic E-state index is 0.111. The van der Waals surface area contributed by atoms with E-state index in [1.807, 2.05) is 12.1 Å². The fraction of sp³-hybridized carbons (Fsp3) is 0.611. The smallest absolute Gasteiger partial charge is 0.191 e. The lowest BCUT2D eigenvalue weighted by molar-refractivity contribution is 0.0243. The third kappa shape index (κ3) is 5.51. The summed E-state index contributed by atoms with van der Waals surface area (Å²) in [5, 5.41) is 6.66. The maximum atomic E-state index is 5.82. The first-order chi connectivity index (χ1) is 12.0. The van der Waals surface area contributed by atoms with Gasteiger partial charge in [-0.3, -0.25) is 0 Å². The maximum Gasteiger partial charge on any atom is 0.191 e. The van der Waals surface area contributed by atoms with Crippen LogP contribution in [0.1, 0.15) is 32.3 Å². The van der Waals surface area contributed by atoms with Gasteiger partial charge in [-0.15, -0.1) is 0 Å². The number of hydrogen-bond donors (Lipinski definition) is 2. The summed E-state index contributed by atoms with van der Waals surface area (Å²) >= 11 is 3.58. The average Bonchev–Trinajstić information content (AvgIpc) is 3.04. The number of guanidine groups is 1. The summed E-state index contributed by atoms with van der Waals surface area (Å²) in [7, 11) is 3.26. The first kappa shape index (κ1) is 19.8. The van der Waals surface area contributed by atoms with Crippen molar-refractivity contribution in [1.82, 2.24) is 10.6 Å². The molecule has 1 aliphatic heterocycles. The van der Waals surface area contributed by atoms with Crippen molar-refractivity contribution in [2.45, 2.75) is 38.8 Å². The standard InChI is InChI=1S/C18H28BrN3O3/c1-5-20-17(22-12-18(2)7-6-8-25-18)21-11-13-9-15(23-3)16(24-4)10-14(13)19/h9-10H,5-8,11-12H2,1-4H3,(H2,20,21,22). The number of halogens is 1. The molecule has 0 aliphatic carbocycles. The Kier molecular flexibility index (Phi) is 7.38. The highest BCUT2D eigenvalue weighted by molar-refractivity contribution is 9.10. The van der Waals surface area contributed by atoms with Crippen LogP contribution in [0.25, 0.3) is 0 Å². The van der Waals surface area contributed by atoms with E-state index in [1.165, 1.54) is 0 Å². The third-order valence-corrected chi connectivity index (χ3v) is 4.97. The predicted octanol–water partition coefficient (Wildman–Crippen LogP) is 3.09. The first-order valence-electron chi connectivity index (χ1n) is 8.58. The van der Waals surface area contributed by atoms with Crippen LogP contribution in [0.5, 0.6) is 11.5 Å². The van der Waals surface area contributed by atoms with Crippen molar-refractivity contribution in [1.29, 1.82) is 0 Å². The lowest BCUT2D eigenvalue weighted by Crippen LogP contribution is -2.45. The molecule has 1 aromatic rings. The van der Waals surface area contributed by atoms with E-state index in [-0.39, 0.29) is 5.60 Å². The van der Waals surface area contributed by atoms with E-state index in [2.05, 4.69) is 45.4 Å². The summed E-state index contributed by atoms with van der Waals surface area (Å²) in [6, 6.07) is 3.84. The molecular formula is C18H28BrN3O3. The zero-order valence-electron chi connectivity index (χ0n) is 15.4. The van der Waals surface area contributed by atoms with Gasteiger partial charge in [0, 0.05) is 24.2 Å².